The Labute approximate surface area is 346 Å². The lowest BCUT2D eigenvalue weighted by Crippen LogP contribution is -2.59. The normalized spacial score (nSPS) is 24.1. The van der Waals surface area contributed by atoms with Crippen LogP contribution in [0.1, 0.15) is 103 Å². The van der Waals surface area contributed by atoms with Gasteiger partial charge in [0, 0.05) is 30.6 Å². The summed E-state index contributed by atoms with van der Waals surface area (Å²) in [6.07, 6.45) is 5.08. The highest BCUT2D eigenvalue weighted by Gasteiger charge is 2.42. The van der Waals surface area contributed by atoms with Gasteiger partial charge in [-0.3, -0.25) is 20.0 Å². The molecule has 1 saturated heterocycles. The fraction of sp³-hybridized carbons (Fsp3) is 0.769. The van der Waals surface area contributed by atoms with Crippen LogP contribution in [0.3, 0.4) is 0 Å². The van der Waals surface area contributed by atoms with E-state index < -0.39 is 54.3 Å². The van der Waals surface area contributed by atoms with E-state index in [1.165, 1.54) is 32.9 Å². The van der Waals surface area contributed by atoms with Crippen LogP contribution in [0, 0.1) is 11.8 Å². The second-order valence-corrected chi connectivity index (χ2v) is 15.5. The topological polar surface area (TPSA) is 307 Å². The number of nitrogens with zero attached hydrogens (tertiary/aromatic N) is 1. The summed E-state index contributed by atoms with van der Waals surface area (Å²) in [6.45, 7) is 8.50. The third kappa shape index (κ3) is 21.0. The SMILES string of the molecule is C1CCNC1.CCCNC1CC(Oc2ccc(NC(=O)NC3CC(C(C)F)CC(NC(=O)CCCCN=C(N)N)C3O)cc2CCCN)CC(C(C)(F)F)C1.F.O.O.[OH]. The van der Waals surface area contributed by atoms with Crippen molar-refractivity contribution in [3.63, 3.8) is 0 Å². The molecule has 3 amide bonds. The number of halogens is 4. The summed E-state index contributed by atoms with van der Waals surface area (Å²) in [5, 5.41) is 26.1. The van der Waals surface area contributed by atoms with Gasteiger partial charge in [0.1, 0.15) is 18.0 Å². The minimum absolute atomic E-state index is 0. The van der Waals surface area contributed by atoms with Gasteiger partial charge in [-0.1, -0.05) is 6.92 Å². The van der Waals surface area contributed by atoms with Crippen molar-refractivity contribution in [2.45, 2.75) is 147 Å². The Hall–Kier alpha value is -3.53. The zero-order valence-electron chi connectivity index (χ0n) is 34.9. The molecule has 1 aromatic carbocycles. The predicted molar refractivity (Wildman–Crippen MR) is 224 cm³/mol. The summed E-state index contributed by atoms with van der Waals surface area (Å²) in [5.41, 5.74) is 17.7. The van der Waals surface area contributed by atoms with E-state index in [0.29, 0.717) is 63.1 Å². The van der Waals surface area contributed by atoms with Gasteiger partial charge in [-0.2, -0.15) is 0 Å². The number of nitrogens with one attached hydrogen (secondary N) is 5. The quantitative estimate of drug-likeness (QED) is 0.0448. The zero-order chi connectivity index (χ0) is 40.4. The van der Waals surface area contributed by atoms with Gasteiger partial charge in [0.2, 0.25) is 11.8 Å². The molecule has 8 unspecified atom stereocenters. The maximum Gasteiger partial charge on any atom is 0.319 e. The lowest BCUT2D eigenvalue weighted by atomic mass is 9.78. The number of unbranched alkanes of at least 4 members (excludes halogenated alkanes) is 1. The smallest absolute Gasteiger partial charge is 0.319 e. The lowest BCUT2D eigenvalue weighted by molar-refractivity contribution is -0.123. The van der Waals surface area contributed by atoms with Crippen LogP contribution < -0.4 is 48.5 Å². The third-order valence-electron chi connectivity index (χ3n) is 10.6. The molecule has 2 saturated carbocycles. The van der Waals surface area contributed by atoms with Crippen molar-refractivity contribution in [3.05, 3.63) is 23.8 Å². The van der Waals surface area contributed by atoms with Gasteiger partial charge < -0.3 is 64.6 Å². The molecular weight excluding hydrogens is 782 g/mol. The number of hydrogen-bond donors (Lipinski definition) is 10. The van der Waals surface area contributed by atoms with E-state index >= 15 is 0 Å². The number of nitrogens with two attached hydrogens (primary N) is 3. The molecule has 2 aliphatic carbocycles. The second-order valence-electron chi connectivity index (χ2n) is 15.5. The van der Waals surface area contributed by atoms with E-state index in [0.717, 1.165) is 25.5 Å². The molecule has 345 valence electrons. The monoisotopic (exact) mass is 857 g/mol. The van der Waals surface area contributed by atoms with Crippen LogP contribution >= 0.6 is 0 Å². The number of hydrogen-bond acceptors (Lipinski definition) is 8. The Morgan fingerprint density at radius 1 is 1.03 bits per heavy atom. The van der Waals surface area contributed by atoms with Gasteiger partial charge in [0.15, 0.2) is 5.96 Å². The molecule has 16 nitrogen and oxygen atoms in total. The Morgan fingerprint density at radius 3 is 2.25 bits per heavy atom. The number of aliphatic hydroxyl groups is 1. The van der Waals surface area contributed by atoms with Gasteiger partial charge in [-0.05, 0) is 147 Å². The van der Waals surface area contributed by atoms with Gasteiger partial charge in [-0.25, -0.2) is 18.0 Å². The molecule has 0 bridgehead atoms. The summed E-state index contributed by atoms with van der Waals surface area (Å²) >= 11 is 0. The standard InChI is InChI=1S/C35H59F3N8O4.C4H9N.FH.2H2O.HO/c1-4-13-42-26-18-24(35(3,37)38)19-27(20-26)50-30-11-10-25(15-22(30)8-7-12-39)44-34(49)46-29-17-23(21(2)36)16-28(32(29)48)45-31(47)9-5-6-14-43-33(40)41;1-2-4-5-3-1;;;;/h10-11,15,21,23-24,26-29,32,42,48H,4-9,12-14,16-20,39H2,1-3H3,(H,45,47)(H4,40,41,43)(H2,44,46,49);5H,1-4H2;1H;2*1H2;1H. The first kappa shape index (κ1) is 57.6. The molecule has 8 atom stereocenters. The summed E-state index contributed by atoms with van der Waals surface area (Å²) < 4.78 is 49.8. The molecule has 3 aliphatic rings. The van der Waals surface area contributed by atoms with Crippen molar-refractivity contribution < 1.29 is 53.7 Å². The number of aliphatic imine (C=N–C) groups is 1. The van der Waals surface area contributed by atoms with E-state index in [9.17, 15) is 27.9 Å². The number of alkyl halides is 3. The van der Waals surface area contributed by atoms with E-state index in [4.69, 9.17) is 21.9 Å². The predicted octanol–water partition coefficient (Wildman–Crippen LogP) is 2.39. The molecule has 3 fully saturated rings. The van der Waals surface area contributed by atoms with Crippen LogP contribution in [-0.4, -0.2) is 115 Å². The van der Waals surface area contributed by atoms with E-state index in [-0.39, 0.29) is 64.7 Å². The Bertz CT molecular complexity index is 1330. The van der Waals surface area contributed by atoms with Crippen molar-refractivity contribution >= 4 is 23.6 Å². The molecule has 17 N–H and O–H groups in total. The van der Waals surface area contributed by atoms with Crippen molar-refractivity contribution in [1.82, 2.24) is 21.3 Å². The Kier molecular flexibility index (Phi) is 28.9. The molecule has 59 heavy (non-hydrogen) atoms. The molecule has 1 heterocycles. The maximum absolute atomic E-state index is 14.5. The summed E-state index contributed by atoms with van der Waals surface area (Å²) in [6, 6.07) is 2.92. The largest absolute Gasteiger partial charge is 0.490 e. The molecule has 1 aromatic rings. The van der Waals surface area contributed by atoms with Crippen LogP contribution in [0.5, 0.6) is 5.75 Å². The van der Waals surface area contributed by atoms with Gasteiger partial charge in [0.25, 0.3) is 0 Å². The van der Waals surface area contributed by atoms with Crippen LogP contribution in [-0.2, 0) is 11.2 Å². The number of amides is 3. The fourth-order valence-corrected chi connectivity index (χ4v) is 7.55. The number of aryl methyl sites for hydroxylation is 1. The minimum Gasteiger partial charge on any atom is -0.490 e. The number of aliphatic hydroxyl groups excluding tert-OH is 1. The van der Waals surface area contributed by atoms with Crippen molar-refractivity contribution in [3.8, 4) is 5.75 Å². The van der Waals surface area contributed by atoms with Gasteiger partial charge in [0.05, 0.1) is 18.2 Å². The lowest BCUT2D eigenvalue weighted by Gasteiger charge is -2.40. The number of guanidine groups is 1. The van der Waals surface area contributed by atoms with Crippen LogP contribution in [0.4, 0.5) is 28.4 Å². The molecule has 0 spiro atoms. The van der Waals surface area contributed by atoms with Crippen LogP contribution in [0.15, 0.2) is 23.2 Å². The number of anilines is 1. The summed E-state index contributed by atoms with van der Waals surface area (Å²) in [7, 11) is 0. The number of rotatable bonds is 18. The first-order chi connectivity index (χ1) is 26.2. The molecular formula is C39H74F4N9O7. The first-order valence-electron chi connectivity index (χ1n) is 20.3. The highest BCUT2D eigenvalue weighted by atomic mass is 19.3. The van der Waals surface area contributed by atoms with Crippen LogP contribution in [0.25, 0.3) is 0 Å². The molecule has 4 rings (SSSR count). The molecule has 1 radical (unpaired) electrons. The van der Waals surface area contributed by atoms with Crippen molar-refractivity contribution in [2.75, 3.05) is 38.0 Å². The number of ether oxygens (including phenoxy) is 1. The van der Waals surface area contributed by atoms with Crippen LogP contribution in [0.2, 0.25) is 0 Å². The Morgan fingerprint density at radius 2 is 1.69 bits per heavy atom. The number of urea groups is 1. The van der Waals surface area contributed by atoms with Crippen molar-refractivity contribution in [2.24, 2.45) is 34.0 Å². The Balaban J connectivity index is 0. The summed E-state index contributed by atoms with van der Waals surface area (Å²) in [4.78, 5) is 29.7. The molecule has 1 aliphatic heterocycles. The first-order valence-corrected chi connectivity index (χ1v) is 20.3. The highest BCUT2D eigenvalue weighted by Crippen LogP contribution is 2.39. The third-order valence-corrected chi connectivity index (χ3v) is 10.6. The zero-order valence-corrected chi connectivity index (χ0v) is 34.9. The highest BCUT2D eigenvalue weighted by molar-refractivity contribution is 5.89. The number of carbonyl (C=O) groups excluding carboxylic acids is 2. The minimum atomic E-state index is -2.83. The van der Waals surface area contributed by atoms with E-state index in [1.807, 2.05) is 6.92 Å². The second kappa shape index (κ2) is 29.7. The maximum atomic E-state index is 14.5. The van der Waals surface area contributed by atoms with Gasteiger partial charge in [-0.15, -0.1) is 0 Å². The van der Waals surface area contributed by atoms with Crippen molar-refractivity contribution in [1.29, 1.82) is 0 Å². The average Bonchev–Trinajstić information content (AvgIpc) is 3.72. The summed E-state index contributed by atoms with van der Waals surface area (Å²) in [5.74, 6) is -3.87. The van der Waals surface area contributed by atoms with Gasteiger partial charge >= 0.3 is 6.03 Å². The number of benzene rings is 1. The molecule has 0 aromatic heterocycles. The fourth-order valence-electron chi connectivity index (χ4n) is 7.55. The average molecular weight is 857 g/mol. The number of carbonyl (C=O) groups is 2. The van der Waals surface area contributed by atoms with E-state index in [1.54, 1.807) is 18.2 Å². The van der Waals surface area contributed by atoms with E-state index in [2.05, 4.69) is 31.6 Å². The molecule has 20 heteroatoms.